The number of nitrogens with one attached hydrogen (secondary N) is 2. The number of carbonyl (C=O) groups excluding carboxylic acids is 2. The first kappa shape index (κ1) is 28.5. The molecule has 0 aliphatic rings. The zero-order valence-corrected chi connectivity index (χ0v) is 24.5. The minimum absolute atomic E-state index is 0.0181. The van der Waals surface area contributed by atoms with E-state index in [1.165, 1.54) is 0 Å². The number of halogens is 1. The molecule has 0 fully saturated rings. The summed E-state index contributed by atoms with van der Waals surface area (Å²) in [5, 5.41) is 6.92. The third-order valence-corrected chi connectivity index (χ3v) is 7.29. The molecule has 0 spiro atoms. The fraction of sp³-hybridized carbons (Fsp3) is 0.0270. The second-order valence-electron chi connectivity index (χ2n) is 9.97. The molecule has 2 amide bonds. The highest BCUT2D eigenvalue weighted by atomic mass is 35.5. The van der Waals surface area contributed by atoms with E-state index >= 15 is 0 Å². The molecule has 216 valence electrons. The summed E-state index contributed by atoms with van der Waals surface area (Å²) in [7, 11) is 1.55. The number of ether oxygens (including phenoxy) is 1. The fourth-order valence-electron chi connectivity index (χ4n) is 4.98. The zero-order valence-electron chi connectivity index (χ0n) is 23.7. The minimum atomic E-state index is -0.529. The molecule has 0 aliphatic heterocycles. The summed E-state index contributed by atoms with van der Waals surface area (Å²) >= 11 is 6.15. The lowest BCUT2D eigenvalue weighted by Crippen LogP contribution is -2.30. The van der Waals surface area contributed by atoms with Crippen molar-refractivity contribution in [1.82, 2.24) is 5.32 Å². The maximum Gasteiger partial charge on any atom is 0.272 e. The maximum atomic E-state index is 13.6. The minimum Gasteiger partial charge on any atom is -0.496 e. The summed E-state index contributed by atoms with van der Waals surface area (Å²) in [6.07, 6.45) is 1.60. The Labute approximate surface area is 259 Å². The van der Waals surface area contributed by atoms with Crippen LogP contribution in [0.3, 0.4) is 0 Å². The van der Waals surface area contributed by atoms with Crippen molar-refractivity contribution in [3.05, 3.63) is 149 Å². The van der Waals surface area contributed by atoms with Crippen LogP contribution in [-0.2, 0) is 4.79 Å². The molecule has 7 heteroatoms. The Morgan fingerprint density at radius 3 is 2.09 bits per heavy atom. The van der Waals surface area contributed by atoms with Gasteiger partial charge in [-0.2, -0.15) is 0 Å². The number of amides is 2. The van der Waals surface area contributed by atoms with Gasteiger partial charge in [0.25, 0.3) is 11.8 Å². The summed E-state index contributed by atoms with van der Waals surface area (Å²) in [4.78, 5) is 26.9. The average molecular weight is 599 g/mol. The van der Waals surface area contributed by atoms with Gasteiger partial charge in [0, 0.05) is 44.4 Å². The summed E-state index contributed by atoms with van der Waals surface area (Å²) in [6, 6.07) is 39.1. The molecule has 0 saturated carbocycles. The van der Waals surface area contributed by atoms with Crippen molar-refractivity contribution in [3.63, 3.8) is 0 Å². The Morgan fingerprint density at radius 1 is 0.773 bits per heavy atom. The third kappa shape index (κ3) is 6.11. The molecular formula is C37H27ClN2O4. The molecule has 0 bridgehead atoms. The second-order valence-corrected chi connectivity index (χ2v) is 10.4. The number of rotatable bonds is 8. The van der Waals surface area contributed by atoms with Gasteiger partial charge in [-0.05, 0) is 48.0 Å². The molecule has 44 heavy (non-hydrogen) atoms. The molecule has 1 aromatic heterocycles. The Kier molecular flexibility index (Phi) is 8.25. The lowest BCUT2D eigenvalue weighted by atomic mass is 9.97. The Balaban J connectivity index is 1.50. The summed E-state index contributed by atoms with van der Waals surface area (Å²) < 4.78 is 12.2. The normalized spacial score (nSPS) is 11.3. The highest BCUT2D eigenvalue weighted by Gasteiger charge is 2.21. The van der Waals surface area contributed by atoms with Gasteiger partial charge in [0.05, 0.1) is 7.11 Å². The molecular weight excluding hydrogens is 572 g/mol. The predicted molar refractivity (Wildman–Crippen MR) is 176 cm³/mol. The summed E-state index contributed by atoms with van der Waals surface area (Å²) in [5.41, 5.74) is 4.91. The first-order valence-corrected chi connectivity index (χ1v) is 14.3. The Hall–Kier alpha value is -5.59. The molecule has 1 heterocycles. The first-order valence-electron chi connectivity index (χ1n) is 13.9. The number of anilines is 1. The van der Waals surface area contributed by atoms with E-state index in [1.54, 1.807) is 67.8 Å². The van der Waals surface area contributed by atoms with E-state index in [1.807, 2.05) is 72.8 Å². The van der Waals surface area contributed by atoms with E-state index in [9.17, 15) is 9.59 Å². The number of hydrogen-bond donors (Lipinski definition) is 2. The highest BCUT2D eigenvalue weighted by molar-refractivity contribution is 6.31. The van der Waals surface area contributed by atoms with Crippen molar-refractivity contribution in [3.8, 4) is 28.2 Å². The van der Waals surface area contributed by atoms with Gasteiger partial charge in [-0.3, -0.25) is 9.59 Å². The van der Waals surface area contributed by atoms with E-state index in [-0.39, 0.29) is 5.70 Å². The van der Waals surface area contributed by atoms with Crippen molar-refractivity contribution in [2.45, 2.75) is 0 Å². The van der Waals surface area contributed by atoms with E-state index in [0.29, 0.717) is 38.9 Å². The van der Waals surface area contributed by atoms with Crippen LogP contribution >= 0.6 is 11.6 Å². The number of fused-ring (bicyclic) bond motifs is 1. The molecule has 5 aromatic carbocycles. The van der Waals surface area contributed by atoms with Crippen LogP contribution in [0, 0.1) is 0 Å². The van der Waals surface area contributed by atoms with Crippen molar-refractivity contribution < 1.29 is 18.7 Å². The summed E-state index contributed by atoms with van der Waals surface area (Å²) in [5.74, 6) is 0.218. The van der Waals surface area contributed by atoms with Crippen LogP contribution < -0.4 is 15.4 Å². The monoisotopic (exact) mass is 598 g/mol. The largest absolute Gasteiger partial charge is 0.496 e. The number of benzene rings is 5. The van der Waals surface area contributed by atoms with Crippen molar-refractivity contribution >= 4 is 46.1 Å². The van der Waals surface area contributed by atoms with Crippen molar-refractivity contribution in [1.29, 1.82) is 0 Å². The standard InChI is InChI=1S/C37H27ClN2O4/c1-43-32-23-33-30(34(24-12-5-2-6-13-24)35(44-33)25-14-7-3-8-15-25)20-27(32)21-31(40-36(41)26-16-9-4-10-17-26)37(42)39-29-19-11-18-28(38)22-29/h2-23H,1H3,(H,39,42)(H,40,41)/b31-21-. The van der Waals surface area contributed by atoms with E-state index in [2.05, 4.69) is 10.6 Å². The summed E-state index contributed by atoms with van der Waals surface area (Å²) in [6.45, 7) is 0. The first-order chi connectivity index (χ1) is 21.5. The van der Waals surface area contributed by atoms with Crippen LogP contribution in [0.5, 0.6) is 5.75 Å². The van der Waals surface area contributed by atoms with Crippen LogP contribution in [0.25, 0.3) is 39.5 Å². The van der Waals surface area contributed by atoms with Gasteiger partial charge >= 0.3 is 0 Å². The molecule has 2 N–H and O–H groups in total. The maximum absolute atomic E-state index is 13.6. The van der Waals surface area contributed by atoms with Gasteiger partial charge in [-0.25, -0.2) is 0 Å². The van der Waals surface area contributed by atoms with Gasteiger partial charge < -0.3 is 19.8 Å². The average Bonchev–Trinajstić information content (AvgIpc) is 3.43. The number of methoxy groups -OCH3 is 1. The molecule has 6 rings (SSSR count). The topological polar surface area (TPSA) is 80.6 Å². The van der Waals surface area contributed by atoms with Gasteiger partial charge in [-0.15, -0.1) is 0 Å². The Bertz CT molecular complexity index is 1980. The smallest absolute Gasteiger partial charge is 0.272 e. The quantitative estimate of drug-likeness (QED) is 0.172. The second kappa shape index (κ2) is 12.7. The molecule has 0 aliphatic carbocycles. The van der Waals surface area contributed by atoms with Crippen LogP contribution in [0.4, 0.5) is 5.69 Å². The van der Waals surface area contributed by atoms with E-state index < -0.39 is 11.8 Å². The van der Waals surface area contributed by atoms with E-state index in [0.717, 1.165) is 22.1 Å². The van der Waals surface area contributed by atoms with Gasteiger partial charge in [0.15, 0.2) is 0 Å². The van der Waals surface area contributed by atoms with Crippen LogP contribution in [0.1, 0.15) is 15.9 Å². The van der Waals surface area contributed by atoms with Crippen molar-refractivity contribution in [2.75, 3.05) is 12.4 Å². The van der Waals surface area contributed by atoms with Crippen LogP contribution in [0.15, 0.2) is 138 Å². The molecule has 6 aromatic rings. The molecule has 0 saturated heterocycles. The number of carbonyl (C=O) groups is 2. The third-order valence-electron chi connectivity index (χ3n) is 7.05. The van der Waals surface area contributed by atoms with Gasteiger partial charge in [0.2, 0.25) is 0 Å². The lowest BCUT2D eigenvalue weighted by Gasteiger charge is -2.13. The van der Waals surface area contributed by atoms with Gasteiger partial charge in [0.1, 0.15) is 22.8 Å². The molecule has 0 radical (unpaired) electrons. The van der Waals surface area contributed by atoms with Crippen LogP contribution in [-0.4, -0.2) is 18.9 Å². The Morgan fingerprint density at radius 2 is 1.43 bits per heavy atom. The van der Waals surface area contributed by atoms with Gasteiger partial charge in [-0.1, -0.05) is 96.5 Å². The SMILES string of the molecule is COc1cc2oc(-c3ccccc3)c(-c3ccccc3)c2cc1/C=C(\NC(=O)c1ccccc1)C(=O)Nc1cccc(Cl)c1. The predicted octanol–water partition coefficient (Wildman–Crippen LogP) is 8.84. The molecule has 0 unspecified atom stereocenters. The number of hydrogen-bond acceptors (Lipinski definition) is 4. The van der Waals surface area contributed by atoms with Crippen molar-refractivity contribution in [2.24, 2.45) is 0 Å². The van der Waals surface area contributed by atoms with Crippen LogP contribution in [0.2, 0.25) is 5.02 Å². The highest BCUT2D eigenvalue weighted by Crippen LogP contribution is 2.43. The van der Waals surface area contributed by atoms with E-state index in [4.69, 9.17) is 20.8 Å². The molecule has 0 atom stereocenters. The number of furan rings is 1. The zero-order chi connectivity index (χ0) is 30.5. The lowest BCUT2D eigenvalue weighted by molar-refractivity contribution is -0.113. The molecule has 6 nitrogen and oxygen atoms in total. The fourth-order valence-corrected chi connectivity index (χ4v) is 5.17.